The number of amidine groups is 1. The van der Waals surface area contributed by atoms with Gasteiger partial charge in [0.15, 0.2) is 6.29 Å². The summed E-state index contributed by atoms with van der Waals surface area (Å²) in [4.78, 5) is 12.7. The highest BCUT2D eigenvalue weighted by Crippen LogP contribution is 2.21. The largest absolute Gasteiger partial charge is 0.500 e. The second-order valence-electron chi connectivity index (χ2n) is 12.8. The maximum Gasteiger partial charge on any atom is 0.500 e. The van der Waals surface area contributed by atoms with Crippen LogP contribution in [0.1, 0.15) is 170 Å². The average Bonchev–Trinajstić information content (AvgIpc) is 3.04. The van der Waals surface area contributed by atoms with Gasteiger partial charge in [0.25, 0.3) is 0 Å². The maximum absolute atomic E-state index is 6.76. The van der Waals surface area contributed by atoms with Crippen LogP contribution < -0.4 is 11.2 Å². The van der Waals surface area contributed by atoms with Crippen molar-refractivity contribution in [1.82, 2.24) is 15.2 Å². The predicted molar refractivity (Wildman–Crippen MR) is 199 cm³/mol. The SMILES string of the molecule is CCCCCCCCNC1N=C(N(CCCCCCCC)CCCCCCCC)N=C(CCC[Si](OCC)(OCC)OCC)N1N. The fourth-order valence-electron chi connectivity index (χ4n) is 6.07. The number of hydrogen-bond acceptors (Lipinski definition) is 9. The molecular formula is C36H76N6O3Si. The van der Waals surface area contributed by atoms with Crippen LogP contribution in [-0.4, -0.2) is 76.3 Å². The van der Waals surface area contributed by atoms with Crippen molar-refractivity contribution in [2.45, 2.75) is 182 Å². The van der Waals surface area contributed by atoms with Crippen LogP contribution in [0.25, 0.3) is 0 Å². The summed E-state index contributed by atoms with van der Waals surface area (Å²) in [6, 6.07) is 0.747. The molecule has 1 rings (SSSR count). The molecule has 0 aliphatic carbocycles. The molecule has 1 aliphatic heterocycles. The molecule has 1 heterocycles. The third-order valence-corrected chi connectivity index (χ3v) is 11.9. The van der Waals surface area contributed by atoms with Gasteiger partial charge in [-0.25, -0.2) is 10.8 Å². The molecule has 0 radical (unpaired) electrons. The van der Waals surface area contributed by atoms with E-state index in [0.29, 0.717) is 19.8 Å². The Morgan fingerprint density at radius 3 is 1.59 bits per heavy atom. The Bertz CT molecular complexity index is 739. The van der Waals surface area contributed by atoms with Crippen molar-refractivity contribution >= 4 is 20.6 Å². The van der Waals surface area contributed by atoms with Crippen molar-refractivity contribution in [3.8, 4) is 0 Å². The summed E-state index contributed by atoms with van der Waals surface area (Å²) >= 11 is 0. The lowest BCUT2D eigenvalue weighted by Gasteiger charge is -2.35. The Labute approximate surface area is 286 Å². The summed E-state index contributed by atoms with van der Waals surface area (Å²) in [7, 11) is -2.73. The molecule has 0 aromatic heterocycles. The number of nitrogens with two attached hydrogens (primary N) is 1. The van der Waals surface area contributed by atoms with Crippen LogP contribution in [0.4, 0.5) is 0 Å². The van der Waals surface area contributed by atoms with E-state index in [1.54, 1.807) is 5.01 Å². The van der Waals surface area contributed by atoms with Crippen LogP contribution >= 0.6 is 0 Å². The van der Waals surface area contributed by atoms with Crippen molar-refractivity contribution in [1.29, 1.82) is 0 Å². The standard InChI is InChI=1S/C36H76N6O3Si/c1-7-13-16-19-22-25-30-38-35-40-36(41(31-26-23-20-17-14-8-2)32-27-24-21-18-15-9-3)39-34(42(35)37)29-28-33-46(43-10-4,44-11-5)45-12-6/h35,38H,7-33,37H2,1-6H3. The van der Waals surface area contributed by atoms with Gasteiger partial charge in [-0.15, -0.1) is 0 Å². The van der Waals surface area contributed by atoms with Crippen molar-refractivity contribution < 1.29 is 13.3 Å². The van der Waals surface area contributed by atoms with Crippen LogP contribution in [0.2, 0.25) is 6.04 Å². The molecule has 0 saturated carbocycles. The van der Waals surface area contributed by atoms with Gasteiger partial charge in [-0.3, -0.25) is 10.3 Å². The number of unbranched alkanes of at least 4 members (excludes halogenated alkanes) is 15. The first-order valence-electron chi connectivity index (χ1n) is 19.6. The van der Waals surface area contributed by atoms with E-state index in [9.17, 15) is 0 Å². The first-order chi connectivity index (χ1) is 22.5. The number of hydrazine groups is 1. The number of hydrogen-bond donors (Lipinski definition) is 2. The molecule has 272 valence electrons. The second kappa shape index (κ2) is 28.9. The van der Waals surface area contributed by atoms with Crippen LogP contribution in [0.3, 0.4) is 0 Å². The van der Waals surface area contributed by atoms with E-state index < -0.39 is 8.80 Å². The van der Waals surface area contributed by atoms with E-state index in [-0.39, 0.29) is 6.29 Å². The molecule has 0 fully saturated rings. The van der Waals surface area contributed by atoms with Crippen LogP contribution in [0, 0.1) is 0 Å². The lowest BCUT2D eigenvalue weighted by Crippen LogP contribution is -2.56. The van der Waals surface area contributed by atoms with Crippen molar-refractivity contribution in [3.05, 3.63) is 0 Å². The van der Waals surface area contributed by atoms with E-state index in [0.717, 1.165) is 56.7 Å². The lowest BCUT2D eigenvalue weighted by atomic mass is 10.1. The minimum Gasteiger partial charge on any atom is -0.374 e. The van der Waals surface area contributed by atoms with E-state index in [1.807, 2.05) is 20.8 Å². The third kappa shape index (κ3) is 19.1. The fourth-order valence-corrected chi connectivity index (χ4v) is 8.69. The Balaban J connectivity index is 3.07. The molecule has 0 bridgehead atoms. The minimum atomic E-state index is -2.73. The maximum atomic E-state index is 6.76. The van der Waals surface area contributed by atoms with Gasteiger partial charge in [0.2, 0.25) is 5.96 Å². The van der Waals surface area contributed by atoms with E-state index in [4.69, 9.17) is 29.1 Å². The molecule has 10 heteroatoms. The van der Waals surface area contributed by atoms with E-state index in [2.05, 4.69) is 31.0 Å². The second-order valence-corrected chi connectivity index (χ2v) is 15.6. The summed E-state index contributed by atoms with van der Waals surface area (Å²) in [6.07, 6.45) is 24.3. The summed E-state index contributed by atoms with van der Waals surface area (Å²) in [6.45, 7) is 17.5. The normalized spacial score (nSPS) is 15.4. The molecule has 1 aliphatic rings. The zero-order valence-corrected chi connectivity index (χ0v) is 32.3. The number of nitrogens with zero attached hydrogens (tertiary/aromatic N) is 4. The number of rotatable bonds is 32. The molecule has 0 saturated heterocycles. The first kappa shape index (κ1) is 43.0. The highest BCUT2D eigenvalue weighted by atomic mass is 28.4. The van der Waals surface area contributed by atoms with Crippen LogP contribution in [-0.2, 0) is 13.3 Å². The predicted octanol–water partition coefficient (Wildman–Crippen LogP) is 9.02. The Kier molecular flexibility index (Phi) is 27.0. The molecule has 0 aromatic carbocycles. The molecule has 9 nitrogen and oxygen atoms in total. The molecule has 46 heavy (non-hydrogen) atoms. The molecule has 0 spiro atoms. The van der Waals surface area contributed by atoms with Gasteiger partial charge in [-0.05, 0) is 53.0 Å². The average molecular weight is 669 g/mol. The summed E-state index contributed by atoms with van der Waals surface area (Å²) in [5.74, 6) is 8.49. The summed E-state index contributed by atoms with van der Waals surface area (Å²) in [5.41, 5.74) is 0. The Morgan fingerprint density at radius 2 is 1.11 bits per heavy atom. The first-order valence-corrected chi connectivity index (χ1v) is 21.5. The monoisotopic (exact) mass is 669 g/mol. The minimum absolute atomic E-state index is 0.303. The number of guanidine groups is 1. The molecular weight excluding hydrogens is 593 g/mol. The topological polar surface area (TPSA) is 96.9 Å². The zero-order chi connectivity index (χ0) is 33.7. The third-order valence-electron chi connectivity index (χ3n) is 8.71. The Hall–Kier alpha value is -1.04. The smallest absolute Gasteiger partial charge is 0.374 e. The van der Waals surface area contributed by atoms with Gasteiger partial charge >= 0.3 is 8.80 Å². The molecule has 0 aromatic rings. The molecule has 1 unspecified atom stereocenters. The van der Waals surface area contributed by atoms with Crippen molar-refractivity contribution in [3.63, 3.8) is 0 Å². The summed E-state index contributed by atoms with van der Waals surface area (Å²) < 4.78 is 18.4. The lowest BCUT2D eigenvalue weighted by molar-refractivity contribution is 0.0709. The number of nitrogens with one attached hydrogen (secondary N) is 1. The van der Waals surface area contributed by atoms with Crippen molar-refractivity contribution in [2.75, 3.05) is 39.5 Å². The van der Waals surface area contributed by atoms with Gasteiger partial charge < -0.3 is 18.2 Å². The fraction of sp³-hybridized carbons (Fsp3) is 0.944. The highest BCUT2D eigenvalue weighted by molar-refractivity contribution is 6.60. The van der Waals surface area contributed by atoms with Gasteiger partial charge in [-0.2, -0.15) is 4.99 Å². The van der Waals surface area contributed by atoms with Crippen molar-refractivity contribution in [2.24, 2.45) is 15.8 Å². The van der Waals surface area contributed by atoms with Gasteiger partial charge in [0.1, 0.15) is 5.84 Å². The van der Waals surface area contributed by atoms with Gasteiger partial charge in [0, 0.05) is 45.4 Å². The quantitative estimate of drug-likeness (QED) is 0.0419. The molecule has 0 amide bonds. The van der Waals surface area contributed by atoms with E-state index >= 15 is 0 Å². The number of aliphatic imine (C=N–C) groups is 2. The van der Waals surface area contributed by atoms with Crippen LogP contribution in [0.5, 0.6) is 0 Å². The van der Waals surface area contributed by atoms with Gasteiger partial charge in [0.05, 0.1) is 0 Å². The van der Waals surface area contributed by atoms with Gasteiger partial charge in [-0.1, -0.05) is 117 Å². The zero-order valence-electron chi connectivity index (χ0n) is 31.3. The highest BCUT2D eigenvalue weighted by Gasteiger charge is 2.40. The molecule has 3 N–H and O–H groups in total. The molecule has 1 atom stereocenters. The van der Waals surface area contributed by atoms with Crippen LogP contribution in [0.15, 0.2) is 9.98 Å². The van der Waals surface area contributed by atoms with E-state index in [1.165, 1.54) is 109 Å². The summed E-state index contributed by atoms with van der Waals surface area (Å²) in [5, 5.41) is 5.43. The Morgan fingerprint density at radius 1 is 0.652 bits per heavy atom.